The van der Waals surface area contributed by atoms with Crippen molar-refractivity contribution in [1.82, 2.24) is 20.3 Å². The third-order valence-corrected chi connectivity index (χ3v) is 3.22. The summed E-state index contributed by atoms with van der Waals surface area (Å²) in [6.45, 7) is 0.780. The first-order chi connectivity index (χ1) is 11.7. The molecule has 9 heteroatoms. The topological polar surface area (TPSA) is 53.4 Å². The fourth-order valence-electron chi connectivity index (χ4n) is 1.62. The van der Waals surface area contributed by atoms with E-state index in [0.717, 1.165) is 37.5 Å². The van der Waals surface area contributed by atoms with E-state index in [1.54, 1.807) is 18.6 Å². The summed E-state index contributed by atoms with van der Waals surface area (Å²) in [5, 5.41) is 4.65. The van der Waals surface area contributed by atoms with E-state index in [4.69, 9.17) is 12.2 Å². The number of pyridine rings is 2. The van der Waals surface area contributed by atoms with Gasteiger partial charge in [0.2, 0.25) is 0 Å². The molecule has 0 saturated carbocycles. The number of aromatic nitrogens is 2. The van der Waals surface area contributed by atoms with E-state index in [-0.39, 0.29) is 0 Å². The molecule has 133 valence electrons. The monoisotopic (exact) mass is 434 g/mol. The molecule has 2 heterocycles. The van der Waals surface area contributed by atoms with Crippen molar-refractivity contribution in [3.63, 3.8) is 0 Å². The number of rotatable bonds is 5. The van der Waals surface area contributed by atoms with Gasteiger partial charge in [-0.05, 0) is 36.5 Å². The van der Waals surface area contributed by atoms with Crippen LogP contribution in [0.1, 0.15) is 11.4 Å². The molecule has 0 atom stereocenters. The molecule has 5 nitrogen and oxygen atoms in total. The molecule has 24 heavy (non-hydrogen) atoms. The Labute approximate surface area is 162 Å². The summed E-state index contributed by atoms with van der Waals surface area (Å²) in [7, 11) is 10.2. The second-order valence-electron chi connectivity index (χ2n) is 4.47. The molecular weight excluding hydrogens is 417 g/mol. The number of thiocarbonyl (C=S) groups is 1. The van der Waals surface area contributed by atoms with Gasteiger partial charge in [-0.25, -0.2) is 0 Å². The summed E-state index contributed by atoms with van der Waals surface area (Å²) in [6.07, 6.45) is 5.99. The Morgan fingerprint density at radius 2 is 1.92 bits per heavy atom. The van der Waals surface area contributed by atoms with Crippen molar-refractivity contribution >= 4 is 23.5 Å². The van der Waals surface area contributed by atoms with Crippen molar-refractivity contribution in [1.29, 1.82) is 0 Å². The molecule has 0 aromatic carbocycles. The number of likely N-dealkylation sites (N-methyl/N-ethyl adjacent to an activating group) is 1. The van der Waals surface area contributed by atoms with E-state index >= 15 is 0 Å². The summed E-state index contributed by atoms with van der Waals surface area (Å²) < 4.78 is 0. The average molecular weight is 436 g/mol. The van der Waals surface area contributed by atoms with Gasteiger partial charge in [0.15, 0.2) is 5.11 Å². The van der Waals surface area contributed by atoms with Gasteiger partial charge < -0.3 is 4.90 Å². The van der Waals surface area contributed by atoms with Crippen LogP contribution in [0, 0.1) is 20.2 Å². The molecule has 0 unspecified atom stereocenters. The summed E-state index contributed by atoms with van der Waals surface area (Å²) in [4.78, 5) is 10.4. The van der Waals surface area contributed by atoms with Gasteiger partial charge in [-0.15, -0.1) is 0 Å². The second-order valence-corrected chi connectivity index (χ2v) is 6.67. The zero-order valence-electron chi connectivity index (χ0n) is 12.9. The summed E-state index contributed by atoms with van der Waals surface area (Å²) in [5.41, 5.74) is 4.66. The first kappa shape index (κ1) is 20.8. The van der Waals surface area contributed by atoms with E-state index in [1.807, 2.05) is 48.3 Å². The number of hydrogen-bond donors (Lipinski definition) is 1. The summed E-state index contributed by atoms with van der Waals surface area (Å²) in [6, 6.07) is 11.5. The van der Waals surface area contributed by atoms with Crippen LogP contribution in [-0.2, 0) is 19.6 Å². The summed E-state index contributed by atoms with van der Waals surface area (Å²) >= 11 is 6.25. The molecule has 1 N–H and O–H groups in total. The first-order valence-corrected chi connectivity index (χ1v) is 10.1. The van der Waals surface area contributed by atoms with Crippen LogP contribution in [0.15, 0.2) is 53.9 Å². The Bertz CT molecular complexity index is 616. The van der Waals surface area contributed by atoms with Crippen molar-refractivity contribution < 1.29 is 33.3 Å². The molecule has 0 bridgehead atoms. The standard InChI is InChI=1S/C15H17N5S.2ClH.Cu/c1-20(11-8-13-6-2-4-9-16-13)15(21)19-18-12-14-7-3-5-10-17-14;;;/h2-7,9-10,12H,8,11H2,1H3,(H,19,21);2*1H;/q;;;+2. The molecule has 0 spiro atoms. The zero-order chi connectivity index (χ0) is 17.6. The number of halogens is 2. The predicted octanol–water partition coefficient (Wildman–Crippen LogP) is 1.32. The predicted molar refractivity (Wildman–Crippen MR) is 90.9 cm³/mol. The number of nitrogens with zero attached hydrogens (tertiary/aromatic N) is 4. The Morgan fingerprint density at radius 1 is 1.25 bits per heavy atom. The van der Waals surface area contributed by atoms with Gasteiger partial charge in [-0.2, -0.15) is 5.10 Å². The Hall–Kier alpha value is -1.24. The molecule has 2 aromatic rings. The quantitative estimate of drug-likeness (QED) is 0.332. The molecular formula is C15H19Cl2CuN5S+2. The third-order valence-electron chi connectivity index (χ3n) is 2.82. The van der Waals surface area contributed by atoms with Crippen LogP contribution in [-0.4, -0.2) is 39.8 Å². The first-order valence-electron chi connectivity index (χ1n) is 6.85. The van der Waals surface area contributed by atoms with Crippen molar-refractivity contribution in [3.8, 4) is 0 Å². The van der Waals surface area contributed by atoms with Crippen LogP contribution in [0.5, 0.6) is 0 Å². The normalized spacial score (nSPS) is 10.1. The maximum absolute atomic E-state index is 5.27. The maximum atomic E-state index is 5.27. The fraction of sp³-hybridized carbons (Fsp3) is 0.200. The minimum atomic E-state index is 0.568. The van der Waals surface area contributed by atoms with E-state index in [9.17, 15) is 0 Å². The minimum absolute atomic E-state index is 0.568. The Kier molecular flexibility index (Phi) is 11.4. The fourth-order valence-corrected chi connectivity index (χ4v) is 1.77. The molecule has 0 aliphatic carbocycles. The number of hydrazone groups is 1. The van der Waals surface area contributed by atoms with Crippen LogP contribution < -0.4 is 5.43 Å². The number of hydrogen-bond acceptors (Lipinski definition) is 4. The van der Waals surface area contributed by atoms with Crippen LogP contribution in [0.2, 0.25) is 0 Å². The molecule has 0 fully saturated rings. The van der Waals surface area contributed by atoms with Gasteiger partial charge in [0, 0.05) is 38.1 Å². The number of nitrogens with one attached hydrogen (secondary N) is 1. The molecule has 0 amide bonds. The Balaban J connectivity index is 0.000000891. The van der Waals surface area contributed by atoms with Gasteiger partial charge in [0.25, 0.3) is 0 Å². The van der Waals surface area contributed by atoms with Gasteiger partial charge in [0.05, 0.1) is 11.9 Å². The Morgan fingerprint density at radius 3 is 2.50 bits per heavy atom. The SMILES string of the molecule is CN(CCc1ccccn1)C(=S)NN=Cc1ccccn1.[ClH+][Cu][ClH+]. The van der Waals surface area contributed by atoms with Crippen molar-refractivity contribution in [2.24, 2.45) is 5.10 Å². The van der Waals surface area contributed by atoms with Gasteiger partial charge in [-0.1, -0.05) is 12.1 Å². The van der Waals surface area contributed by atoms with Crippen LogP contribution in [0.3, 0.4) is 0 Å². The van der Waals surface area contributed by atoms with Crippen LogP contribution in [0.25, 0.3) is 0 Å². The van der Waals surface area contributed by atoms with E-state index < -0.39 is 0 Å². The van der Waals surface area contributed by atoms with E-state index in [2.05, 4.69) is 40.7 Å². The van der Waals surface area contributed by atoms with Gasteiger partial charge in [-0.3, -0.25) is 15.4 Å². The van der Waals surface area contributed by atoms with Crippen LogP contribution >= 0.6 is 12.2 Å². The van der Waals surface area contributed by atoms with Crippen LogP contribution in [0.4, 0.5) is 0 Å². The average Bonchev–Trinajstić information content (AvgIpc) is 2.62. The van der Waals surface area contributed by atoms with Crippen molar-refractivity contribution in [3.05, 3.63) is 60.2 Å². The summed E-state index contributed by atoms with van der Waals surface area (Å²) in [5.74, 6) is 0. The second kappa shape index (κ2) is 13.1. The van der Waals surface area contributed by atoms with E-state index in [1.165, 1.54) is 0 Å². The van der Waals surface area contributed by atoms with E-state index in [0.29, 0.717) is 5.11 Å². The third kappa shape index (κ3) is 9.15. The van der Waals surface area contributed by atoms with Crippen molar-refractivity contribution in [2.45, 2.75) is 6.42 Å². The molecule has 0 radical (unpaired) electrons. The molecule has 2 rings (SSSR count). The molecule has 2 aromatic heterocycles. The molecule has 0 aliphatic heterocycles. The van der Waals surface area contributed by atoms with Gasteiger partial charge in [0.1, 0.15) is 0 Å². The van der Waals surface area contributed by atoms with Crippen molar-refractivity contribution in [2.75, 3.05) is 13.6 Å². The van der Waals surface area contributed by atoms with Gasteiger partial charge >= 0.3 is 33.3 Å². The molecule has 0 saturated heterocycles. The molecule has 0 aliphatic rings. The zero-order valence-corrected chi connectivity index (χ0v) is 16.3.